The molecule has 1 saturated heterocycles. The van der Waals surface area contributed by atoms with Crippen molar-refractivity contribution in [1.82, 2.24) is 18.8 Å². The molecule has 1 fully saturated rings. The highest BCUT2D eigenvalue weighted by Gasteiger charge is 2.32. The van der Waals surface area contributed by atoms with Gasteiger partial charge in [-0.1, -0.05) is 18.2 Å². The summed E-state index contributed by atoms with van der Waals surface area (Å²) in [5.41, 5.74) is 2.21. The largest absolute Gasteiger partial charge is 0.339 e. The summed E-state index contributed by atoms with van der Waals surface area (Å²) in [4.78, 5) is 8.70. The molecule has 3 heterocycles. The first kappa shape index (κ1) is 18.8. The fourth-order valence-electron chi connectivity index (χ4n) is 3.54. The predicted octanol–water partition coefficient (Wildman–Crippen LogP) is 3.19. The maximum Gasteiger partial charge on any atom is 0.262 e. The number of aryl methyl sites for hydroxylation is 1. The summed E-state index contributed by atoms with van der Waals surface area (Å²) in [5.74, 6) is -0.323. The van der Waals surface area contributed by atoms with E-state index in [1.165, 1.54) is 29.0 Å². The lowest BCUT2D eigenvalue weighted by molar-refractivity contribution is 0.312. The summed E-state index contributed by atoms with van der Waals surface area (Å²) in [6.45, 7) is 0.831. The van der Waals surface area contributed by atoms with Crippen LogP contribution in [0.25, 0.3) is 11.3 Å². The smallest absolute Gasteiger partial charge is 0.262 e. The lowest BCUT2D eigenvalue weighted by Gasteiger charge is -2.31. The topological polar surface area (TPSA) is 68.1 Å². The van der Waals surface area contributed by atoms with E-state index >= 15 is 0 Å². The van der Waals surface area contributed by atoms with Gasteiger partial charge in [-0.25, -0.2) is 17.8 Å². The Morgan fingerprint density at radius 2 is 2.00 bits per heavy atom. The molecule has 1 aliphatic rings. The van der Waals surface area contributed by atoms with Crippen molar-refractivity contribution in [3.8, 4) is 11.3 Å². The van der Waals surface area contributed by atoms with E-state index in [1.54, 1.807) is 17.7 Å². The second-order valence-corrected chi connectivity index (χ2v) is 8.92. The van der Waals surface area contributed by atoms with E-state index in [4.69, 9.17) is 4.98 Å². The van der Waals surface area contributed by atoms with Gasteiger partial charge in [-0.15, -0.1) is 0 Å². The van der Waals surface area contributed by atoms with Crippen LogP contribution in [-0.2, 0) is 17.1 Å². The van der Waals surface area contributed by atoms with Gasteiger partial charge in [-0.05, 0) is 37.1 Å². The van der Waals surface area contributed by atoms with Gasteiger partial charge in [0.15, 0.2) is 5.03 Å². The molecule has 0 amide bonds. The van der Waals surface area contributed by atoms with E-state index in [1.807, 2.05) is 24.3 Å². The quantitative estimate of drug-likeness (QED) is 0.675. The van der Waals surface area contributed by atoms with Crippen molar-refractivity contribution in [2.75, 3.05) is 13.1 Å². The van der Waals surface area contributed by atoms with Crippen LogP contribution in [-0.4, -0.2) is 40.3 Å². The fraction of sp³-hybridized carbons (Fsp3) is 0.300. The standard InChI is InChI=1S/C20H21FN4O2S/c1-24-13-20(22-14-24)28(26,27)25-10-4-6-16(12-25)19-9-3-8-18(23-19)15-5-2-7-17(21)11-15/h2-3,5,7-9,11,13-14,16H,4,6,10,12H2,1H3. The average Bonchev–Trinajstić information content (AvgIpc) is 3.15. The maximum absolute atomic E-state index is 13.5. The van der Waals surface area contributed by atoms with E-state index in [0.29, 0.717) is 24.3 Å². The Bertz CT molecular complexity index is 1100. The zero-order valence-corrected chi connectivity index (χ0v) is 16.3. The third-order valence-corrected chi connectivity index (χ3v) is 6.73. The number of piperidine rings is 1. The molecule has 8 heteroatoms. The molecule has 28 heavy (non-hydrogen) atoms. The summed E-state index contributed by atoms with van der Waals surface area (Å²) in [6.07, 6.45) is 4.61. The van der Waals surface area contributed by atoms with Crippen LogP contribution in [0.15, 0.2) is 60.0 Å². The molecular formula is C20H21FN4O2S. The maximum atomic E-state index is 13.5. The van der Waals surface area contributed by atoms with Crippen LogP contribution in [0.2, 0.25) is 0 Å². The van der Waals surface area contributed by atoms with Crippen LogP contribution in [0.1, 0.15) is 24.5 Å². The van der Waals surface area contributed by atoms with Crippen LogP contribution < -0.4 is 0 Å². The third-order valence-electron chi connectivity index (χ3n) is 4.98. The number of hydrogen-bond donors (Lipinski definition) is 0. The lowest BCUT2D eigenvalue weighted by atomic mass is 9.95. The second kappa shape index (κ2) is 7.44. The minimum Gasteiger partial charge on any atom is -0.339 e. The minimum atomic E-state index is -3.63. The molecule has 0 N–H and O–H groups in total. The van der Waals surface area contributed by atoms with E-state index in [9.17, 15) is 12.8 Å². The van der Waals surface area contributed by atoms with Crippen molar-refractivity contribution in [2.45, 2.75) is 23.8 Å². The summed E-state index contributed by atoms with van der Waals surface area (Å²) < 4.78 is 42.4. The molecule has 1 unspecified atom stereocenters. The molecule has 2 aromatic heterocycles. The first-order valence-electron chi connectivity index (χ1n) is 9.14. The van der Waals surface area contributed by atoms with Crippen molar-refractivity contribution >= 4 is 10.0 Å². The fourth-order valence-corrected chi connectivity index (χ4v) is 5.03. The average molecular weight is 400 g/mol. The van der Waals surface area contributed by atoms with Crippen molar-refractivity contribution < 1.29 is 12.8 Å². The van der Waals surface area contributed by atoms with Gasteiger partial charge in [0, 0.05) is 43.5 Å². The highest BCUT2D eigenvalue weighted by molar-refractivity contribution is 7.89. The lowest BCUT2D eigenvalue weighted by Crippen LogP contribution is -2.39. The summed E-state index contributed by atoms with van der Waals surface area (Å²) >= 11 is 0. The van der Waals surface area contributed by atoms with E-state index in [0.717, 1.165) is 18.5 Å². The molecule has 4 rings (SSSR count). The Hall–Kier alpha value is -2.58. The Labute approximate surface area is 163 Å². The number of hydrogen-bond acceptors (Lipinski definition) is 4. The van der Waals surface area contributed by atoms with E-state index < -0.39 is 10.0 Å². The Kier molecular flexibility index (Phi) is 4.99. The van der Waals surface area contributed by atoms with E-state index in [2.05, 4.69) is 4.98 Å². The second-order valence-electron chi connectivity index (χ2n) is 7.04. The van der Waals surface area contributed by atoms with Crippen LogP contribution in [0.3, 0.4) is 0 Å². The normalized spacial score (nSPS) is 18.3. The summed E-state index contributed by atoms with van der Waals surface area (Å²) in [5, 5.41) is 0.0668. The van der Waals surface area contributed by atoms with Crippen molar-refractivity contribution in [3.05, 3.63) is 66.5 Å². The van der Waals surface area contributed by atoms with Crippen molar-refractivity contribution in [1.29, 1.82) is 0 Å². The number of aromatic nitrogens is 3. The molecule has 146 valence electrons. The summed E-state index contributed by atoms with van der Waals surface area (Å²) in [7, 11) is -1.88. The zero-order chi connectivity index (χ0) is 19.7. The first-order valence-corrected chi connectivity index (χ1v) is 10.6. The molecule has 1 aromatic carbocycles. The number of halogens is 1. The van der Waals surface area contributed by atoms with Crippen LogP contribution in [0.4, 0.5) is 4.39 Å². The highest BCUT2D eigenvalue weighted by Crippen LogP contribution is 2.30. The van der Waals surface area contributed by atoms with Crippen LogP contribution >= 0.6 is 0 Å². The van der Waals surface area contributed by atoms with Gasteiger partial charge in [0.25, 0.3) is 10.0 Å². The highest BCUT2D eigenvalue weighted by atomic mass is 32.2. The zero-order valence-electron chi connectivity index (χ0n) is 15.5. The molecule has 1 aliphatic heterocycles. The van der Waals surface area contributed by atoms with Gasteiger partial charge >= 0.3 is 0 Å². The predicted molar refractivity (Wildman–Crippen MR) is 104 cm³/mol. The monoisotopic (exact) mass is 400 g/mol. The van der Waals surface area contributed by atoms with Crippen LogP contribution in [0, 0.1) is 5.82 Å². The number of pyridine rings is 1. The van der Waals surface area contributed by atoms with Crippen molar-refractivity contribution in [3.63, 3.8) is 0 Å². The van der Waals surface area contributed by atoms with Gasteiger partial charge in [-0.3, -0.25) is 4.98 Å². The van der Waals surface area contributed by atoms with Crippen LogP contribution in [0.5, 0.6) is 0 Å². The summed E-state index contributed by atoms with van der Waals surface area (Å²) in [6, 6.07) is 11.9. The molecule has 0 saturated carbocycles. The number of rotatable bonds is 4. The molecule has 3 aromatic rings. The molecule has 0 spiro atoms. The molecule has 1 atom stereocenters. The minimum absolute atomic E-state index is 0.0132. The van der Waals surface area contributed by atoms with Crippen molar-refractivity contribution in [2.24, 2.45) is 7.05 Å². The Balaban J connectivity index is 1.59. The molecule has 0 radical (unpaired) electrons. The van der Waals surface area contributed by atoms with Gasteiger partial charge in [-0.2, -0.15) is 4.31 Å². The van der Waals surface area contributed by atoms with Gasteiger partial charge in [0.2, 0.25) is 0 Å². The van der Waals surface area contributed by atoms with Gasteiger partial charge in [0.1, 0.15) is 5.82 Å². The SMILES string of the molecule is Cn1cnc(S(=O)(=O)N2CCCC(c3cccc(-c4cccc(F)c4)n3)C2)c1. The molecule has 6 nitrogen and oxygen atoms in total. The number of imidazole rings is 1. The van der Waals surface area contributed by atoms with Gasteiger partial charge in [0.05, 0.1) is 12.0 Å². The van der Waals surface area contributed by atoms with Gasteiger partial charge < -0.3 is 4.57 Å². The number of nitrogens with zero attached hydrogens (tertiary/aromatic N) is 4. The molecule has 0 aliphatic carbocycles. The Morgan fingerprint density at radius 1 is 1.18 bits per heavy atom. The molecule has 0 bridgehead atoms. The number of benzene rings is 1. The first-order chi connectivity index (χ1) is 13.4. The Morgan fingerprint density at radius 3 is 2.75 bits per heavy atom. The number of sulfonamides is 1. The third kappa shape index (κ3) is 3.70. The van der Waals surface area contributed by atoms with E-state index in [-0.39, 0.29) is 16.8 Å². The molecular weight excluding hydrogens is 379 g/mol.